The third kappa shape index (κ3) is 4.61. The fourth-order valence-corrected chi connectivity index (χ4v) is 3.67. The lowest BCUT2D eigenvalue weighted by Gasteiger charge is -2.27. The van der Waals surface area contributed by atoms with E-state index in [1.165, 1.54) is 10.5 Å². The van der Waals surface area contributed by atoms with Crippen LogP contribution in [-0.4, -0.2) is 21.6 Å². The predicted octanol–water partition coefficient (Wildman–Crippen LogP) is 4.03. The first-order valence-electron chi connectivity index (χ1n) is 7.68. The van der Waals surface area contributed by atoms with Crippen molar-refractivity contribution in [3.63, 3.8) is 0 Å². The minimum atomic E-state index is 0.376. The number of hydrogen-bond acceptors (Lipinski definition) is 3. The van der Waals surface area contributed by atoms with Crippen molar-refractivity contribution in [3.05, 3.63) is 48.3 Å². The Labute approximate surface area is 132 Å². The van der Waals surface area contributed by atoms with Crippen LogP contribution in [0.1, 0.15) is 38.3 Å². The van der Waals surface area contributed by atoms with E-state index < -0.39 is 0 Å². The molecule has 2 aromatic rings. The van der Waals surface area contributed by atoms with Crippen LogP contribution in [0.4, 0.5) is 0 Å². The predicted molar refractivity (Wildman–Crippen MR) is 90.6 cm³/mol. The molecular formula is C17H25N3S. The number of aromatic nitrogens is 2. The molecular weight excluding hydrogens is 278 g/mol. The van der Waals surface area contributed by atoms with Gasteiger partial charge in [-0.25, -0.2) is 0 Å². The topological polar surface area (TPSA) is 29.9 Å². The second-order valence-electron chi connectivity index (χ2n) is 5.26. The van der Waals surface area contributed by atoms with E-state index in [4.69, 9.17) is 0 Å². The van der Waals surface area contributed by atoms with E-state index in [9.17, 15) is 0 Å². The maximum Gasteiger partial charge on any atom is 0.0625 e. The van der Waals surface area contributed by atoms with Gasteiger partial charge in [0.1, 0.15) is 0 Å². The molecule has 1 N–H and O–H groups in total. The molecule has 0 aliphatic rings. The Kier molecular flexibility index (Phi) is 6.33. The van der Waals surface area contributed by atoms with Gasteiger partial charge >= 0.3 is 0 Å². The molecule has 1 heterocycles. The highest BCUT2D eigenvalue weighted by Gasteiger charge is 2.22. The average molecular weight is 303 g/mol. The summed E-state index contributed by atoms with van der Waals surface area (Å²) in [6.45, 7) is 5.52. The second-order valence-corrected chi connectivity index (χ2v) is 6.57. The summed E-state index contributed by atoms with van der Waals surface area (Å²) in [5.74, 6) is 0. The van der Waals surface area contributed by atoms with Gasteiger partial charge in [-0.05, 0) is 24.9 Å². The number of nitrogens with one attached hydrogen (secondary N) is 1. The molecule has 2 rings (SSSR count). The van der Waals surface area contributed by atoms with E-state index in [2.05, 4.69) is 60.8 Å². The van der Waals surface area contributed by atoms with E-state index >= 15 is 0 Å². The summed E-state index contributed by atoms with van der Waals surface area (Å²) in [5, 5.41) is 8.49. The molecule has 0 amide bonds. The molecule has 0 radical (unpaired) electrons. The number of benzene rings is 1. The number of aryl methyl sites for hydroxylation is 1. The molecule has 2 atom stereocenters. The molecule has 3 nitrogen and oxygen atoms in total. The second kappa shape index (κ2) is 8.25. The van der Waals surface area contributed by atoms with Crippen molar-refractivity contribution in [3.8, 4) is 0 Å². The number of nitrogens with zero attached hydrogens (tertiary/aromatic N) is 2. The molecule has 0 fully saturated rings. The Bertz CT molecular complexity index is 524. The summed E-state index contributed by atoms with van der Waals surface area (Å²) < 4.78 is 1.87. The smallest absolute Gasteiger partial charge is 0.0625 e. The maximum atomic E-state index is 4.27. The summed E-state index contributed by atoms with van der Waals surface area (Å²) in [4.78, 5) is 1.24. The number of hydrogen-bond donors (Lipinski definition) is 1. The van der Waals surface area contributed by atoms with Gasteiger partial charge in [-0.2, -0.15) is 5.10 Å². The van der Waals surface area contributed by atoms with Crippen LogP contribution in [0.15, 0.2) is 47.6 Å². The van der Waals surface area contributed by atoms with Crippen LogP contribution < -0.4 is 5.32 Å². The van der Waals surface area contributed by atoms with Crippen molar-refractivity contribution in [1.82, 2.24) is 15.1 Å². The highest BCUT2D eigenvalue weighted by Crippen LogP contribution is 2.34. The van der Waals surface area contributed by atoms with Crippen molar-refractivity contribution in [1.29, 1.82) is 0 Å². The Morgan fingerprint density at radius 3 is 2.57 bits per heavy atom. The number of thioether (sulfide) groups is 1. The lowest BCUT2D eigenvalue weighted by atomic mass is 10.0. The summed E-state index contributed by atoms with van der Waals surface area (Å²) in [5.41, 5.74) is 1.37. The lowest BCUT2D eigenvalue weighted by molar-refractivity contribution is 0.505. The molecule has 21 heavy (non-hydrogen) atoms. The van der Waals surface area contributed by atoms with Gasteiger partial charge in [-0.15, -0.1) is 11.8 Å². The minimum absolute atomic E-state index is 0.376. The summed E-state index contributed by atoms with van der Waals surface area (Å²) in [6, 6.07) is 11.1. The van der Waals surface area contributed by atoms with Gasteiger partial charge in [0.05, 0.1) is 6.20 Å². The summed E-state index contributed by atoms with van der Waals surface area (Å²) >= 11 is 1.92. The minimum Gasteiger partial charge on any atom is -0.309 e. The van der Waals surface area contributed by atoms with Crippen LogP contribution in [-0.2, 0) is 7.05 Å². The van der Waals surface area contributed by atoms with Gasteiger partial charge in [0.25, 0.3) is 0 Å². The highest BCUT2D eigenvalue weighted by atomic mass is 32.2. The van der Waals surface area contributed by atoms with E-state index in [1.54, 1.807) is 0 Å². The molecule has 1 aromatic heterocycles. The zero-order valence-electron chi connectivity index (χ0n) is 13.1. The molecule has 114 valence electrons. The van der Waals surface area contributed by atoms with Crippen molar-refractivity contribution in [2.45, 2.75) is 42.9 Å². The normalized spacial score (nSPS) is 14.0. The van der Waals surface area contributed by atoms with Crippen LogP contribution in [0.25, 0.3) is 0 Å². The van der Waals surface area contributed by atoms with Gasteiger partial charge in [0.15, 0.2) is 0 Å². The SMILES string of the molecule is CCCNC(c1ccccc1)C(CC)Sc1cnn(C)c1. The first-order valence-corrected chi connectivity index (χ1v) is 8.56. The van der Waals surface area contributed by atoms with E-state index in [1.807, 2.05) is 29.7 Å². The first-order chi connectivity index (χ1) is 10.2. The van der Waals surface area contributed by atoms with Gasteiger partial charge in [0, 0.05) is 29.4 Å². The van der Waals surface area contributed by atoms with Crippen LogP contribution in [0.2, 0.25) is 0 Å². The third-order valence-corrected chi connectivity index (χ3v) is 4.91. The van der Waals surface area contributed by atoms with Crippen molar-refractivity contribution >= 4 is 11.8 Å². The zero-order valence-corrected chi connectivity index (χ0v) is 13.9. The molecule has 4 heteroatoms. The molecule has 0 aliphatic heterocycles. The van der Waals surface area contributed by atoms with Gasteiger partial charge in [-0.3, -0.25) is 4.68 Å². The van der Waals surface area contributed by atoms with Crippen molar-refractivity contribution in [2.75, 3.05) is 6.54 Å². The molecule has 0 bridgehead atoms. The molecule has 0 aliphatic carbocycles. The monoisotopic (exact) mass is 303 g/mol. The summed E-state index contributed by atoms with van der Waals surface area (Å²) in [6.07, 6.45) is 6.32. The Hall–Kier alpha value is -1.26. The Morgan fingerprint density at radius 2 is 2.00 bits per heavy atom. The molecule has 0 spiro atoms. The average Bonchev–Trinajstić information content (AvgIpc) is 2.92. The molecule has 2 unspecified atom stereocenters. The standard InChI is InChI=1S/C17H25N3S/c1-4-11-18-17(14-9-7-6-8-10-14)16(5-2)21-15-12-19-20(3)13-15/h6-10,12-13,16-18H,4-5,11H2,1-3H3. The van der Waals surface area contributed by atoms with Crippen molar-refractivity contribution in [2.24, 2.45) is 7.05 Å². The first kappa shape index (κ1) is 16.1. The quantitative estimate of drug-likeness (QED) is 0.747. The van der Waals surface area contributed by atoms with Gasteiger partial charge < -0.3 is 5.32 Å². The van der Waals surface area contributed by atoms with Crippen LogP contribution >= 0.6 is 11.8 Å². The van der Waals surface area contributed by atoms with Crippen molar-refractivity contribution < 1.29 is 0 Å². The highest BCUT2D eigenvalue weighted by molar-refractivity contribution is 8.00. The Balaban J connectivity index is 2.16. The van der Waals surface area contributed by atoms with E-state index in [-0.39, 0.29) is 0 Å². The fourth-order valence-electron chi connectivity index (χ4n) is 2.45. The Morgan fingerprint density at radius 1 is 1.24 bits per heavy atom. The van der Waals surface area contributed by atoms with Crippen LogP contribution in [0.3, 0.4) is 0 Å². The van der Waals surface area contributed by atoms with E-state index in [0.29, 0.717) is 11.3 Å². The van der Waals surface area contributed by atoms with Gasteiger partial charge in [-0.1, -0.05) is 44.2 Å². The summed E-state index contributed by atoms with van der Waals surface area (Å²) in [7, 11) is 1.97. The largest absolute Gasteiger partial charge is 0.309 e. The fraction of sp³-hybridized carbons (Fsp3) is 0.471. The van der Waals surface area contributed by atoms with Crippen LogP contribution in [0.5, 0.6) is 0 Å². The molecule has 1 aromatic carbocycles. The van der Waals surface area contributed by atoms with Gasteiger partial charge in [0.2, 0.25) is 0 Å². The van der Waals surface area contributed by atoms with Crippen LogP contribution in [0, 0.1) is 0 Å². The molecule has 0 saturated carbocycles. The molecule has 0 saturated heterocycles. The lowest BCUT2D eigenvalue weighted by Crippen LogP contribution is -2.30. The zero-order chi connectivity index (χ0) is 15.1. The van der Waals surface area contributed by atoms with E-state index in [0.717, 1.165) is 19.4 Å². The third-order valence-electron chi connectivity index (χ3n) is 3.52. The number of rotatable bonds is 8. The maximum absolute atomic E-state index is 4.27.